The van der Waals surface area contributed by atoms with Gasteiger partial charge in [0.15, 0.2) is 0 Å². The minimum atomic E-state index is 0.386. The van der Waals surface area contributed by atoms with Crippen LogP contribution in [0.25, 0.3) is 0 Å². The molecule has 0 aromatic carbocycles. The normalized spacial score (nSPS) is 13.2. The Bertz CT molecular complexity index is 327. The van der Waals surface area contributed by atoms with E-state index < -0.39 is 0 Å². The van der Waals surface area contributed by atoms with Crippen LogP contribution in [0.1, 0.15) is 18.9 Å². The third-order valence-electron chi connectivity index (χ3n) is 2.79. The molecule has 0 spiro atoms. The highest BCUT2D eigenvalue weighted by molar-refractivity contribution is 5.03. The Morgan fingerprint density at radius 3 is 2.89 bits per heavy atom. The average molecular weight is 254 g/mol. The number of aromatic nitrogens is 2. The first-order valence-electron chi connectivity index (χ1n) is 6.54. The topological polar surface area (TPSA) is 42.3 Å². The van der Waals surface area contributed by atoms with E-state index in [1.807, 2.05) is 17.9 Å². The number of hydrogen-bond acceptors (Lipinski definition) is 4. The average Bonchev–Trinajstić information content (AvgIpc) is 2.71. The van der Waals surface area contributed by atoms with Crippen LogP contribution in [0.3, 0.4) is 0 Å². The summed E-state index contributed by atoms with van der Waals surface area (Å²) in [4.78, 5) is 2.30. The standard InChI is InChI=1S/C13H26N4O/c1-5-6-14-13(11-18-4)10-16(2)8-12-7-15-17(3)9-12/h7,9,13-14H,5-6,8,10-11H2,1-4H3. The zero-order valence-corrected chi connectivity index (χ0v) is 12.0. The second-order valence-corrected chi connectivity index (χ2v) is 4.83. The number of likely N-dealkylation sites (N-methyl/N-ethyl adjacent to an activating group) is 1. The first kappa shape index (κ1) is 15.1. The Morgan fingerprint density at radius 1 is 1.56 bits per heavy atom. The molecular formula is C13H26N4O. The molecule has 1 aromatic heterocycles. The van der Waals surface area contributed by atoms with Gasteiger partial charge in [-0.3, -0.25) is 4.68 Å². The van der Waals surface area contributed by atoms with Gasteiger partial charge in [0, 0.05) is 45.0 Å². The maximum Gasteiger partial charge on any atom is 0.0628 e. The SMILES string of the molecule is CCCNC(COC)CN(C)Cc1cnn(C)c1. The summed E-state index contributed by atoms with van der Waals surface area (Å²) in [5.41, 5.74) is 1.24. The van der Waals surface area contributed by atoms with Crippen molar-refractivity contribution in [3.63, 3.8) is 0 Å². The maximum absolute atomic E-state index is 5.25. The van der Waals surface area contributed by atoms with E-state index in [1.54, 1.807) is 7.11 Å². The lowest BCUT2D eigenvalue weighted by atomic mass is 10.2. The minimum absolute atomic E-state index is 0.386. The summed E-state index contributed by atoms with van der Waals surface area (Å²) in [5, 5.41) is 7.69. The van der Waals surface area contributed by atoms with Gasteiger partial charge in [-0.05, 0) is 20.0 Å². The van der Waals surface area contributed by atoms with Crippen molar-refractivity contribution in [1.82, 2.24) is 20.0 Å². The molecule has 0 amide bonds. The Kier molecular flexibility index (Phi) is 6.93. The van der Waals surface area contributed by atoms with Gasteiger partial charge in [0.25, 0.3) is 0 Å². The quantitative estimate of drug-likeness (QED) is 0.710. The molecule has 0 radical (unpaired) electrons. The second-order valence-electron chi connectivity index (χ2n) is 4.83. The van der Waals surface area contributed by atoms with Gasteiger partial charge in [0.2, 0.25) is 0 Å². The number of hydrogen-bond donors (Lipinski definition) is 1. The van der Waals surface area contributed by atoms with Crippen LogP contribution in [-0.2, 0) is 18.3 Å². The van der Waals surface area contributed by atoms with Crippen molar-refractivity contribution in [1.29, 1.82) is 0 Å². The van der Waals surface area contributed by atoms with Gasteiger partial charge in [-0.25, -0.2) is 0 Å². The fourth-order valence-electron chi connectivity index (χ4n) is 2.03. The van der Waals surface area contributed by atoms with Crippen LogP contribution in [0.5, 0.6) is 0 Å². The third kappa shape index (κ3) is 5.62. The van der Waals surface area contributed by atoms with Crippen LogP contribution in [0.4, 0.5) is 0 Å². The second kappa shape index (κ2) is 8.24. The molecule has 0 bridgehead atoms. The lowest BCUT2D eigenvalue weighted by Gasteiger charge is -2.24. The number of aryl methyl sites for hydroxylation is 1. The smallest absolute Gasteiger partial charge is 0.0628 e. The van der Waals surface area contributed by atoms with Crippen LogP contribution in [-0.4, -0.2) is 54.6 Å². The number of methoxy groups -OCH3 is 1. The van der Waals surface area contributed by atoms with Crippen molar-refractivity contribution in [2.75, 3.05) is 33.9 Å². The lowest BCUT2D eigenvalue weighted by molar-refractivity contribution is 0.144. The molecule has 0 aliphatic heterocycles. The van der Waals surface area contributed by atoms with Crippen molar-refractivity contribution in [3.05, 3.63) is 18.0 Å². The van der Waals surface area contributed by atoms with Crippen molar-refractivity contribution in [3.8, 4) is 0 Å². The van der Waals surface area contributed by atoms with Crippen LogP contribution in [0.2, 0.25) is 0 Å². The van der Waals surface area contributed by atoms with Gasteiger partial charge in [-0.1, -0.05) is 6.92 Å². The summed E-state index contributed by atoms with van der Waals surface area (Å²) in [5.74, 6) is 0. The van der Waals surface area contributed by atoms with Gasteiger partial charge < -0.3 is 15.0 Å². The molecule has 0 saturated carbocycles. The van der Waals surface area contributed by atoms with Crippen LogP contribution < -0.4 is 5.32 Å². The van der Waals surface area contributed by atoms with Crippen molar-refractivity contribution >= 4 is 0 Å². The molecule has 1 N–H and O–H groups in total. The van der Waals surface area contributed by atoms with E-state index in [4.69, 9.17) is 4.74 Å². The first-order chi connectivity index (χ1) is 8.65. The summed E-state index contributed by atoms with van der Waals surface area (Å²) in [6.45, 7) is 5.85. The molecule has 5 nitrogen and oxygen atoms in total. The van der Waals surface area contributed by atoms with E-state index in [1.165, 1.54) is 5.56 Å². The summed E-state index contributed by atoms with van der Waals surface area (Å²) in [6, 6.07) is 0.386. The summed E-state index contributed by atoms with van der Waals surface area (Å²) in [7, 11) is 5.82. The van der Waals surface area contributed by atoms with Crippen LogP contribution in [0.15, 0.2) is 12.4 Å². The molecule has 5 heteroatoms. The largest absolute Gasteiger partial charge is 0.383 e. The Labute approximate surface area is 110 Å². The molecule has 0 aliphatic carbocycles. The molecule has 104 valence electrons. The van der Waals surface area contributed by atoms with E-state index in [9.17, 15) is 0 Å². The molecule has 1 aromatic rings. The van der Waals surface area contributed by atoms with Crippen LogP contribution >= 0.6 is 0 Å². The molecule has 18 heavy (non-hydrogen) atoms. The third-order valence-corrected chi connectivity index (χ3v) is 2.79. The van der Waals surface area contributed by atoms with Gasteiger partial charge in [0.1, 0.15) is 0 Å². The molecule has 1 heterocycles. The van der Waals surface area contributed by atoms with Gasteiger partial charge >= 0.3 is 0 Å². The highest BCUT2D eigenvalue weighted by Gasteiger charge is 2.11. The first-order valence-corrected chi connectivity index (χ1v) is 6.54. The number of rotatable bonds is 9. The van der Waals surface area contributed by atoms with E-state index >= 15 is 0 Å². The van der Waals surface area contributed by atoms with E-state index in [0.717, 1.165) is 32.7 Å². The molecular weight excluding hydrogens is 228 g/mol. The van der Waals surface area contributed by atoms with Crippen molar-refractivity contribution < 1.29 is 4.74 Å². The number of nitrogens with one attached hydrogen (secondary N) is 1. The Hall–Kier alpha value is -0.910. The Balaban J connectivity index is 2.37. The van der Waals surface area contributed by atoms with Crippen molar-refractivity contribution in [2.24, 2.45) is 7.05 Å². The van der Waals surface area contributed by atoms with Gasteiger partial charge in [0.05, 0.1) is 12.8 Å². The summed E-state index contributed by atoms with van der Waals surface area (Å²) < 4.78 is 7.09. The lowest BCUT2D eigenvalue weighted by Crippen LogP contribution is -2.42. The molecule has 1 rings (SSSR count). The van der Waals surface area contributed by atoms with Gasteiger partial charge in [-0.2, -0.15) is 5.10 Å². The van der Waals surface area contributed by atoms with E-state index in [0.29, 0.717) is 6.04 Å². The molecule has 0 aliphatic rings. The zero-order chi connectivity index (χ0) is 13.4. The van der Waals surface area contributed by atoms with E-state index in [-0.39, 0.29) is 0 Å². The minimum Gasteiger partial charge on any atom is -0.383 e. The fourth-order valence-corrected chi connectivity index (χ4v) is 2.03. The predicted octanol–water partition coefficient (Wildman–Crippen LogP) is 0.867. The van der Waals surface area contributed by atoms with Crippen LogP contribution in [0, 0.1) is 0 Å². The zero-order valence-electron chi connectivity index (χ0n) is 12.0. The monoisotopic (exact) mass is 254 g/mol. The van der Waals surface area contributed by atoms with E-state index in [2.05, 4.69) is 35.5 Å². The Morgan fingerprint density at radius 2 is 2.33 bits per heavy atom. The molecule has 0 fully saturated rings. The summed E-state index contributed by atoms with van der Waals surface area (Å²) in [6.07, 6.45) is 5.12. The molecule has 1 atom stereocenters. The molecule has 0 saturated heterocycles. The molecule has 1 unspecified atom stereocenters. The van der Waals surface area contributed by atoms with Gasteiger partial charge in [-0.15, -0.1) is 0 Å². The highest BCUT2D eigenvalue weighted by atomic mass is 16.5. The predicted molar refractivity (Wildman–Crippen MR) is 73.5 cm³/mol. The maximum atomic E-state index is 5.25. The number of nitrogens with zero attached hydrogens (tertiary/aromatic N) is 3. The van der Waals surface area contributed by atoms with Crippen molar-refractivity contribution in [2.45, 2.75) is 25.9 Å². The fraction of sp³-hybridized carbons (Fsp3) is 0.769. The number of ether oxygens (including phenoxy) is 1. The summed E-state index contributed by atoms with van der Waals surface area (Å²) >= 11 is 0. The highest BCUT2D eigenvalue weighted by Crippen LogP contribution is 2.02.